The summed E-state index contributed by atoms with van der Waals surface area (Å²) in [5, 5.41) is 0. The van der Waals surface area contributed by atoms with Gasteiger partial charge in [-0.3, -0.25) is 9.44 Å². The van der Waals surface area contributed by atoms with Gasteiger partial charge in [0.2, 0.25) is 0 Å². The van der Waals surface area contributed by atoms with E-state index in [0.717, 1.165) is 37.4 Å². The molecule has 0 aromatic carbocycles. The molecular weight excluding hydrogens is 204 g/mol. The Kier molecular flexibility index (Phi) is 8.86. The van der Waals surface area contributed by atoms with Gasteiger partial charge >= 0.3 is 0 Å². The van der Waals surface area contributed by atoms with Crippen molar-refractivity contribution < 1.29 is 0 Å². The van der Waals surface area contributed by atoms with E-state index in [1.807, 2.05) is 12.2 Å². The fourth-order valence-corrected chi connectivity index (χ4v) is 4.06. The van der Waals surface area contributed by atoms with E-state index in [9.17, 15) is 0 Å². The zero-order chi connectivity index (χ0) is 11.6. The summed E-state index contributed by atoms with van der Waals surface area (Å²) in [6.07, 6.45) is 6.34. The summed E-state index contributed by atoms with van der Waals surface area (Å²) in [6.45, 7) is 14.2. The largest absolute Gasteiger partial charge is 0.269 e. The number of hydrogen-bond donors (Lipinski definition) is 2. The van der Waals surface area contributed by atoms with E-state index in [1.165, 1.54) is 0 Å². The minimum Gasteiger partial charge on any atom is -0.269 e. The average Bonchev–Trinajstić information content (AvgIpc) is 2.24. The first-order valence-corrected chi connectivity index (χ1v) is 7.71. The number of rotatable bonds is 10. The molecule has 0 bridgehead atoms. The molecule has 0 amide bonds. The Hall–Kier alpha value is -0.250. The molecule has 0 saturated carbocycles. The van der Waals surface area contributed by atoms with E-state index < -0.39 is 10.4 Å². The summed E-state index contributed by atoms with van der Waals surface area (Å²) in [5.41, 5.74) is 0. The molecule has 0 heterocycles. The van der Waals surface area contributed by atoms with Gasteiger partial charge in [0.15, 0.2) is 0 Å². The molecule has 0 unspecified atom stereocenters. The van der Waals surface area contributed by atoms with Crippen LogP contribution < -0.4 is 9.44 Å². The standard InChI is InChI=1S/C12H26N2S/c1-5-9-13-15(11-7-3,12-8-4)14-10-6-2/h7-8,13-14H,3-6,9-12H2,1-2H3. The average molecular weight is 230 g/mol. The minimum atomic E-state index is -0.957. The fraction of sp³-hybridized carbons (Fsp3) is 0.667. The van der Waals surface area contributed by atoms with Crippen molar-refractivity contribution in [2.45, 2.75) is 26.7 Å². The summed E-state index contributed by atoms with van der Waals surface area (Å²) >= 11 is 0. The SMILES string of the molecule is C=CCS(CC=C)(NCCC)NCCC. The second-order valence-corrected chi connectivity index (χ2v) is 6.59. The van der Waals surface area contributed by atoms with E-state index >= 15 is 0 Å². The molecule has 0 aliphatic carbocycles. The third kappa shape index (κ3) is 6.03. The molecule has 0 radical (unpaired) electrons. The lowest BCUT2D eigenvalue weighted by Gasteiger charge is -2.40. The lowest BCUT2D eigenvalue weighted by Crippen LogP contribution is -2.37. The van der Waals surface area contributed by atoms with Crippen molar-refractivity contribution in [2.24, 2.45) is 0 Å². The molecule has 0 rings (SSSR count). The maximum Gasteiger partial charge on any atom is 0.0194 e. The van der Waals surface area contributed by atoms with Gasteiger partial charge in [-0.05, 0) is 12.8 Å². The second kappa shape index (κ2) is 9.01. The van der Waals surface area contributed by atoms with Crippen molar-refractivity contribution in [3.8, 4) is 0 Å². The van der Waals surface area contributed by atoms with Crippen LogP contribution in [-0.2, 0) is 0 Å². The minimum absolute atomic E-state index is 0.957. The highest BCUT2D eigenvalue weighted by Gasteiger charge is 2.18. The summed E-state index contributed by atoms with van der Waals surface area (Å²) in [4.78, 5) is 0. The summed E-state index contributed by atoms with van der Waals surface area (Å²) < 4.78 is 7.30. The van der Waals surface area contributed by atoms with Gasteiger partial charge in [0, 0.05) is 24.6 Å². The highest BCUT2D eigenvalue weighted by molar-refractivity contribution is 8.30. The zero-order valence-corrected chi connectivity index (χ0v) is 11.0. The molecule has 90 valence electrons. The van der Waals surface area contributed by atoms with E-state index in [1.54, 1.807) is 0 Å². The van der Waals surface area contributed by atoms with Crippen molar-refractivity contribution >= 4 is 10.4 Å². The maximum absolute atomic E-state index is 3.85. The fourth-order valence-electron chi connectivity index (χ4n) is 1.35. The van der Waals surface area contributed by atoms with Gasteiger partial charge < -0.3 is 0 Å². The summed E-state index contributed by atoms with van der Waals surface area (Å²) in [5.74, 6) is 2.03. The van der Waals surface area contributed by atoms with Crippen LogP contribution in [0.4, 0.5) is 0 Å². The van der Waals surface area contributed by atoms with Crippen LogP contribution in [0, 0.1) is 0 Å². The molecule has 0 aliphatic rings. The molecular formula is C12H26N2S. The lowest BCUT2D eigenvalue weighted by atomic mass is 10.5. The van der Waals surface area contributed by atoms with Crippen LogP contribution in [0.3, 0.4) is 0 Å². The molecule has 0 aromatic rings. The Bertz CT molecular complexity index is 160. The van der Waals surface area contributed by atoms with Gasteiger partial charge in [-0.1, -0.05) is 26.0 Å². The van der Waals surface area contributed by atoms with Crippen molar-refractivity contribution in [3.05, 3.63) is 25.3 Å². The van der Waals surface area contributed by atoms with Gasteiger partial charge in [0.1, 0.15) is 0 Å². The van der Waals surface area contributed by atoms with Crippen molar-refractivity contribution in [1.29, 1.82) is 0 Å². The summed E-state index contributed by atoms with van der Waals surface area (Å²) in [7, 11) is -0.957. The van der Waals surface area contributed by atoms with Crippen molar-refractivity contribution in [1.82, 2.24) is 9.44 Å². The predicted octanol–water partition coefficient (Wildman–Crippen LogP) is 2.99. The Balaban J connectivity index is 4.38. The van der Waals surface area contributed by atoms with Crippen LogP contribution in [0.1, 0.15) is 26.7 Å². The van der Waals surface area contributed by atoms with Gasteiger partial charge in [-0.2, -0.15) is 0 Å². The Morgan fingerprint density at radius 1 is 0.933 bits per heavy atom. The van der Waals surface area contributed by atoms with Crippen LogP contribution >= 0.6 is 10.4 Å². The Labute approximate surface area is 96.8 Å². The Morgan fingerprint density at radius 3 is 1.60 bits per heavy atom. The molecule has 2 nitrogen and oxygen atoms in total. The highest BCUT2D eigenvalue weighted by atomic mass is 32.3. The molecule has 0 aromatic heterocycles. The molecule has 0 fully saturated rings. The quantitative estimate of drug-likeness (QED) is 0.564. The first-order valence-electron chi connectivity index (χ1n) is 5.74. The van der Waals surface area contributed by atoms with Gasteiger partial charge in [0.05, 0.1) is 0 Å². The lowest BCUT2D eigenvalue weighted by molar-refractivity contribution is 0.821. The molecule has 0 aliphatic heterocycles. The number of hydrogen-bond acceptors (Lipinski definition) is 2. The molecule has 0 saturated heterocycles. The molecule has 0 spiro atoms. The third-order valence-electron chi connectivity index (χ3n) is 2.06. The topological polar surface area (TPSA) is 24.1 Å². The zero-order valence-electron chi connectivity index (χ0n) is 10.2. The van der Waals surface area contributed by atoms with E-state index in [-0.39, 0.29) is 0 Å². The highest BCUT2D eigenvalue weighted by Crippen LogP contribution is 2.38. The second-order valence-electron chi connectivity index (χ2n) is 3.58. The van der Waals surface area contributed by atoms with Gasteiger partial charge in [-0.15, -0.1) is 23.6 Å². The van der Waals surface area contributed by atoms with E-state index in [4.69, 9.17) is 0 Å². The summed E-state index contributed by atoms with van der Waals surface area (Å²) in [6, 6.07) is 0. The van der Waals surface area contributed by atoms with Crippen LogP contribution in [-0.4, -0.2) is 24.6 Å². The maximum atomic E-state index is 3.85. The van der Waals surface area contributed by atoms with Crippen LogP contribution in [0.2, 0.25) is 0 Å². The van der Waals surface area contributed by atoms with Crippen LogP contribution in [0.15, 0.2) is 25.3 Å². The van der Waals surface area contributed by atoms with Crippen molar-refractivity contribution in [3.63, 3.8) is 0 Å². The Morgan fingerprint density at radius 2 is 1.33 bits per heavy atom. The normalized spacial score (nSPS) is 12.4. The molecule has 0 atom stereocenters. The van der Waals surface area contributed by atoms with E-state index in [0.29, 0.717) is 0 Å². The smallest absolute Gasteiger partial charge is 0.0194 e. The molecule has 15 heavy (non-hydrogen) atoms. The van der Waals surface area contributed by atoms with Crippen molar-refractivity contribution in [2.75, 3.05) is 24.6 Å². The number of nitrogens with one attached hydrogen (secondary N) is 2. The first-order chi connectivity index (χ1) is 7.24. The van der Waals surface area contributed by atoms with Gasteiger partial charge in [0.25, 0.3) is 0 Å². The van der Waals surface area contributed by atoms with Gasteiger partial charge in [-0.25, -0.2) is 0 Å². The van der Waals surface area contributed by atoms with Crippen LogP contribution in [0.5, 0.6) is 0 Å². The molecule has 3 heteroatoms. The third-order valence-corrected chi connectivity index (χ3v) is 5.18. The van der Waals surface area contributed by atoms with E-state index in [2.05, 4.69) is 36.4 Å². The predicted molar refractivity (Wildman–Crippen MR) is 74.3 cm³/mol. The first kappa shape index (κ1) is 14.8. The van der Waals surface area contributed by atoms with Crippen LogP contribution in [0.25, 0.3) is 0 Å². The molecule has 2 N–H and O–H groups in total. The monoisotopic (exact) mass is 230 g/mol.